The number of piperidine rings is 1. The normalized spacial score (nSPS) is 32.8. The molecule has 0 spiro atoms. The van der Waals surface area contributed by atoms with Crippen LogP contribution in [0.5, 0.6) is 0 Å². The zero-order valence-corrected chi connectivity index (χ0v) is 10.4. The van der Waals surface area contributed by atoms with Crippen molar-refractivity contribution in [1.82, 2.24) is 4.90 Å². The molecule has 5 heteroatoms. The van der Waals surface area contributed by atoms with Gasteiger partial charge in [-0.15, -0.1) is 0 Å². The highest BCUT2D eigenvalue weighted by molar-refractivity contribution is 5.87. The lowest BCUT2D eigenvalue weighted by molar-refractivity contribution is -0.130. The number of ketones is 1. The number of carbonyl (C=O) groups excluding carboxylic acids is 2. The molecule has 0 aliphatic carbocycles. The van der Waals surface area contributed by atoms with Crippen molar-refractivity contribution in [3.05, 3.63) is 0 Å². The number of amides is 1. The largest absolute Gasteiger partial charge is 0.444 e. The van der Waals surface area contributed by atoms with E-state index in [1.54, 1.807) is 20.8 Å². The van der Waals surface area contributed by atoms with Gasteiger partial charge in [0.2, 0.25) is 0 Å². The highest BCUT2D eigenvalue weighted by atomic mass is 19.1. The Kier molecular flexibility index (Phi) is 2.87. The van der Waals surface area contributed by atoms with E-state index in [9.17, 15) is 14.0 Å². The Morgan fingerprint density at radius 2 is 2.06 bits per heavy atom. The van der Waals surface area contributed by atoms with Crippen LogP contribution in [0, 0.1) is 0 Å². The third-order valence-corrected chi connectivity index (χ3v) is 3.23. The summed E-state index contributed by atoms with van der Waals surface area (Å²) in [4.78, 5) is 24.7. The fourth-order valence-electron chi connectivity index (χ4n) is 2.56. The summed E-state index contributed by atoms with van der Waals surface area (Å²) >= 11 is 0. The van der Waals surface area contributed by atoms with Crippen molar-refractivity contribution in [3.8, 4) is 0 Å². The van der Waals surface area contributed by atoms with E-state index in [1.807, 2.05) is 0 Å². The molecule has 2 aliphatic rings. The number of Topliss-reactive ketones (excluding diaryl/α,β-unsaturated/α-hetero) is 1. The van der Waals surface area contributed by atoms with Crippen molar-refractivity contribution in [2.24, 2.45) is 0 Å². The van der Waals surface area contributed by atoms with Gasteiger partial charge in [0.25, 0.3) is 0 Å². The van der Waals surface area contributed by atoms with Crippen molar-refractivity contribution in [2.75, 3.05) is 0 Å². The number of rotatable bonds is 0. The average Bonchev–Trinajstić information content (AvgIpc) is 2.51. The molecule has 3 atom stereocenters. The number of alkyl halides is 1. The molecule has 2 heterocycles. The number of fused-ring (bicyclic) bond motifs is 2. The first-order valence-corrected chi connectivity index (χ1v) is 5.98. The van der Waals surface area contributed by atoms with Crippen molar-refractivity contribution >= 4 is 11.9 Å². The lowest BCUT2D eigenvalue weighted by Gasteiger charge is -2.36. The number of hydrogen-bond donors (Lipinski definition) is 0. The summed E-state index contributed by atoms with van der Waals surface area (Å²) < 4.78 is 19.0. The van der Waals surface area contributed by atoms with E-state index in [0.717, 1.165) is 0 Å². The molecule has 2 bridgehead atoms. The lowest BCUT2D eigenvalue weighted by atomic mass is 10.0. The minimum Gasteiger partial charge on any atom is -0.444 e. The maximum Gasteiger partial charge on any atom is 0.410 e. The van der Waals surface area contributed by atoms with Crippen LogP contribution in [0.4, 0.5) is 9.18 Å². The predicted molar refractivity (Wildman–Crippen MR) is 59.4 cm³/mol. The van der Waals surface area contributed by atoms with E-state index in [-0.39, 0.29) is 18.2 Å². The first kappa shape index (κ1) is 12.3. The molecule has 2 fully saturated rings. The number of hydrogen-bond acceptors (Lipinski definition) is 3. The molecule has 2 rings (SSSR count). The van der Waals surface area contributed by atoms with Crippen molar-refractivity contribution in [3.63, 3.8) is 0 Å². The molecule has 2 unspecified atom stereocenters. The Morgan fingerprint density at radius 1 is 1.41 bits per heavy atom. The summed E-state index contributed by atoms with van der Waals surface area (Å²) in [6, 6.07) is -0.787. The van der Waals surface area contributed by atoms with Crippen LogP contribution in [0.15, 0.2) is 0 Å². The summed E-state index contributed by atoms with van der Waals surface area (Å²) in [6.45, 7) is 5.32. The zero-order valence-electron chi connectivity index (χ0n) is 10.4. The van der Waals surface area contributed by atoms with Crippen LogP contribution in [-0.2, 0) is 9.53 Å². The van der Waals surface area contributed by atoms with Gasteiger partial charge in [0, 0.05) is 12.5 Å². The van der Waals surface area contributed by atoms with E-state index in [2.05, 4.69) is 0 Å². The SMILES string of the molecule is CC(C)(C)OC(=O)N1C2CCC1[C@@H](F)C(=O)C2. The minimum absolute atomic E-state index is 0.122. The molecule has 2 aliphatic heterocycles. The van der Waals surface area contributed by atoms with Gasteiger partial charge in [0.15, 0.2) is 12.0 Å². The fourth-order valence-corrected chi connectivity index (χ4v) is 2.56. The van der Waals surface area contributed by atoms with E-state index in [1.165, 1.54) is 4.90 Å². The van der Waals surface area contributed by atoms with Gasteiger partial charge in [-0.2, -0.15) is 0 Å². The van der Waals surface area contributed by atoms with E-state index in [4.69, 9.17) is 4.74 Å². The van der Waals surface area contributed by atoms with E-state index >= 15 is 0 Å². The highest BCUT2D eigenvalue weighted by Gasteiger charge is 2.50. The molecular formula is C12H18FNO3. The van der Waals surface area contributed by atoms with Crippen LogP contribution in [0.3, 0.4) is 0 Å². The first-order valence-electron chi connectivity index (χ1n) is 5.98. The Morgan fingerprint density at radius 3 is 2.65 bits per heavy atom. The first-order chi connectivity index (χ1) is 7.79. The standard InChI is InChI=1S/C12H18FNO3/c1-12(2,3)17-11(16)14-7-4-5-8(14)10(13)9(15)6-7/h7-8,10H,4-6H2,1-3H3/t7?,8?,10-/m1/s1. The predicted octanol–water partition coefficient (Wildman–Crippen LogP) is 2.07. The molecule has 17 heavy (non-hydrogen) atoms. The van der Waals surface area contributed by atoms with Crippen molar-refractivity contribution in [1.29, 1.82) is 0 Å². The smallest absolute Gasteiger partial charge is 0.410 e. The van der Waals surface area contributed by atoms with Gasteiger partial charge in [-0.05, 0) is 33.6 Å². The second kappa shape index (κ2) is 3.96. The van der Waals surface area contributed by atoms with Gasteiger partial charge in [0.05, 0.1) is 6.04 Å². The molecule has 4 nitrogen and oxygen atoms in total. The highest BCUT2D eigenvalue weighted by Crippen LogP contribution is 2.36. The number of halogens is 1. The summed E-state index contributed by atoms with van der Waals surface area (Å²) in [7, 11) is 0. The second-order valence-corrected chi connectivity index (χ2v) is 5.76. The summed E-state index contributed by atoms with van der Waals surface area (Å²) in [5, 5.41) is 0. The average molecular weight is 243 g/mol. The maximum atomic E-state index is 13.7. The van der Waals surface area contributed by atoms with Gasteiger partial charge in [0.1, 0.15) is 5.60 Å². The monoisotopic (exact) mass is 243 g/mol. The second-order valence-electron chi connectivity index (χ2n) is 5.76. The summed E-state index contributed by atoms with van der Waals surface area (Å²) in [6.07, 6.45) is -0.675. The Labute approximate surface area is 100 Å². The third-order valence-electron chi connectivity index (χ3n) is 3.23. The van der Waals surface area contributed by atoms with E-state index < -0.39 is 23.9 Å². The molecular weight excluding hydrogens is 225 g/mol. The molecule has 96 valence electrons. The van der Waals surface area contributed by atoms with Gasteiger partial charge in [-0.3, -0.25) is 9.69 Å². The topological polar surface area (TPSA) is 46.6 Å². The van der Waals surface area contributed by atoms with E-state index in [0.29, 0.717) is 12.8 Å². The molecule has 2 saturated heterocycles. The molecule has 1 amide bonds. The lowest BCUT2D eigenvalue weighted by Crippen LogP contribution is -2.54. The fraction of sp³-hybridized carbons (Fsp3) is 0.833. The Hall–Kier alpha value is -1.13. The Bertz CT molecular complexity index is 350. The van der Waals surface area contributed by atoms with Crippen LogP contribution in [0.2, 0.25) is 0 Å². The molecule has 0 saturated carbocycles. The molecule has 0 N–H and O–H groups in total. The Balaban J connectivity index is 2.12. The van der Waals surface area contributed by atoms with Gasteiger partial charge >= 0.3 is 6.09 Å². The van der Waals surface area contributed by atoms with Gasteiger partial charge < -0.3 is 4.74 Å². The number of carbonyl (C=O) groups is 2. The number of nitrogens with zero attached hydrogens (tertiary/aromatic N) is 1. The minimum atomic E-state index is -1.54. The van der Waals surface area contributed by atoms with Crippen molar-refractivity contribution in [2.45, 2.75) is 63.9 Å². The van der Waals surface area contributed by atoms with Crippen LogP contribution < -0.4 is 0 Å². The van der Waals surface area contributed by atoms with Crippen LogP contribution in [-0.4, -0.2) is 40.6 Å². The van der Waals surface area contributed by atoms with Crippen LogP contribution in [0.25, 0.3) is 0 Å². The quantitative estimate of drug-likeness (QED) is 0.654. The van der Waals surface area contributed by atoms with Crippen LogP contribution in [0.1, 0.15) is 40.0 Å². The molecule has 0 aromatic carbocycles. The molecule has 0 radical (unpaired) electrons. The zero-order chi connectivity index (χ0) is 12.8. The van der Waals surface area contributed by atoms with Gasteiger partial charge in [-0.1, -0.05) is 0 Å². The third kappa shape index (κ3) is 2.28. The summed E-state index contributed by atoms with van der Waals surface area (Å²) in [5.41, 5.74) is -0.593. The number of ether oxygens (including phenoxy) is 1. The molecule has 0 aromatic heterocycles. The van der Waals surface area contributed by atoms with Crippen LogP contribution >= 0.6 is 0 Å². The van der Waals surface area contributed by atoms with Gasteiger partial charge in [-0.25, -0.2) is 9.18 Å². The maximum absolute atomic E-state index is 13.7. The molecule has 0 aromatic rings. The van der Waals surface area contributed by atoms with Crippen molar-refractivity contribution < 1.29 is 18.7 Å². The summed E-state index contributed by atoms with van der Waals surface area (Å²) in [5.74, 6) is -0.377.